The Morgan fingerprint density at radius 3 is 2.55 bits per heavy atom. The van der Waals surface area contributed by atoms with Gasteiger partial charge in [0.15, 0.2) is 0 Å². The van der Waals surface area contributed by atoms with Crippen LogP contribution in [0.15, 0.2) is 23.8 Å². The summed E-state index contributed by atoms with van der Waals surface area (Å²) in [6.07, 6.45) is 5.22. The molecule has 4 nitrogen and oxygen atoms in total. The van der Waals surface area contributed by atoms with E-state index in [1.54, 1.807) is 18.2 Å². The van der Waals surface area contributed by atoms with E-state index >= 15 is 0 Å². The second-order valence-electron chi connectivity index (χ2n) is 5.01. The molecule has 0 amide bonds. The summed E-state index contributed by atoms with van der Waals surface area (Å²) in [5, 5.41) is 27.5. The molecule has 20 heavy (non-hydrogen) atoms. The number of nitrogens with zero attached hydrogens (tertiary/aromatic N) is 3. The molecule has 2 rings (SSSR count). The number of rotatable bonds is 3. The minimum absolute atomic E-state index is 0.0691. The minimum atomic E-state index is 0.0691. The van der Waals surface area contributed by atoms with Gasteiger partial charge in [-0.25, -0.2) is 0 Å². The Hall–Kier alpha value is -2.30. The van der Waals surface area contributed by atoms with Crippen molar-refractivity contribution in [3.63, 3.8) is 0 Å². The van der Waals surface area contributed by atoms with Gasteiger partial charge in [-0.3, -0.25) is 4.90 Å². The van der Waals surface area contributed by atoms with Crippen molar-refractivity contribution in [3.8, 4) is 17.9 Å². The van der Waals surface area contributed by atoms with Crippen molar-refractivity contribution >= 4 is 6.08 Å². The maximum absolute atomic E-state index is 9.94. The van der Waals surface area contributed by atoms with Crippen molar-refractivity contribution in [1.29, 1.82) is 10.5 Å². The van der Waals surface area contributed by atoms with Gasteiger partial charge in [-0.15, -0.1) is 0 Å². The second-order valence-corrected chi connectivity index (χ2v) is 5.01. The van der Waals surface area contributed by atoms with E-state index in [0.29, 0.717) is 6.54 Å². The number of aromatic hydroxyl groups is 1. The predicted molar refractivity (Wildman–Crippen MR) is 76.4 cm³/mol. The van der Waals surface area contributed by atoms with Gasteiger partial charge >= 0.3 is 0 Å². The molecular formula is C16H17N3O. The molecule has 0 aliphatic carbocycles. The van der Waals surface area contributed by atoms with Crippen LogP contribution in [0.4, 0.5) is 0 Å². The molecule has 0 bridgehead atoms. The van der Waals surface area contributed by atoms with Gasteiger partial charge in [0.05, 0.1) is 0 Å². The molecule has 1 aromatic carbocycles. The first kappa shape index (κ1) is 14.1. The molecule has 1 aromatic rings. The van der Waals surface area contributed by atoms with Crippen LogP contribution >= 0.6 is 0 Å². The molecule has 102 valence electrons. The van der Waals surface area contributed by atoms with Crippen LogP contribution in [0, 0.1) is 22.7 Å². The summed E-state index contributed by atoms with van der Waals surface area (Å²) in [4.78, 5) is 2.32. The summed E-state index contributed by atoms with van der Waals surface area (Å²) in [6.45, 7) is 2.82. The number of allylic oxidation sites excluding steroid dienone is 1. The van der Waals surface area contributed by atoms with Gasteiger partial charge in [-0.2, -0.15) is 10.5 Å². The van der Waals surface area contributed by atoms with Crippen LogP contribution in [0.2, 0.25) is 0 Å². The number of phenols is 1. The summed E-state index contributed by atoms with van der Waals surface area (Å²) in [5.41, 5.74) is 1.68. The molecule has 0 aromatic heterocycles. The van der Waals surface area contributed by atoms with E-state index in [1.165, 1.54) is 19.3 Å². The zero-order valence-corrected chi connectivity index (χ0v) is 11.3. The van der Waals surface area contributed by atoms with Gasteiger partial charge < -0.3 is 5.11 Å². The maximum Gasteiger partial charge on any atom is 0.130 e. The highest BCUT2D eigenvalue weighted by molar-refractivity contribution is 5.63. The van der Waals surface area contributed by atoms with Crippen LogP contribution in [0.3, 0.4) is 0 Å². The van der Waals surface area contributed by atoms with E-state index < -0.39 is 0 Å². The maximum atomic E-state index is 9.94. The topological polar surface area (TPSA) is 71.0 Å². The van der Waals surface area contributed by atoms with E-state index in [-0.39, 0.29) is 11.3 Å². The van der Waals surface area contributed by atoms with Crippen LogP contribution in [0.1, 0.15) is 30.4 Å². The summed E-state index contributed by atoms with van der Waals surface area (Å²) in [7, 11) is 0. The van der Waals surface area contributed by atoms with Gasteiger partial charge in [0.1, 0.15) is 23.5 Å². The Kier molecular flexibility index (Phi) is 4.76. The van der Waals surface area contributed by atoms with Crippen molar-refractivity contribution in [1.82, 2.24) is 4.90 Å². The number of likely N-dealkylation sites (tertiary alicyclic amines) is 1. The molecule has 0 radical (unpaired) electrons. The molecule has 1 saturated heterocycles. The van der Waals surface area contributed by atoms with Crippen LogP contribution in [-0.4, -0.2) is 23.1 Å². The Bertz CT molecular complexity index is 571. The van der Waals surface area contributed by atoms with Gasteiger partial charge in [-0.1, -0.05) is 12.5 Å². The summed E-state index contributed by atoms with van der Waals surface area (Å²) < 4.78 is 0. The normalized spacial score (nSPS) is 15.1. The third-order valence-electron chi connectivity index (χ3n) is 3.50. The lowest BCUT2D eigenvalue weighted by atomic mass is 10.1. The lowest BCUT2D eigenvalue weighted by Gasteiger charge is -2.26. The van der Waals surface area contributed by atoms with E-state index in [2.05, 4.69) is 4.90 Å². The Morgan fingerprint density at radius 1 is 1.20 bits per heavy atom. The predicted octanol–water partition coefficient (Wildman–Crippen LogP) is 2.81. The van der Waals surface area contributed by atoms with Gasteiger partial charge in [0, 0.05) is 12.1 Å². The fourth-order valence-corrected chi connectivity index (χ4v) is 2.44. The molecule has 0 saturated carbocycles. The van der Waals surface area contributed by atoms with E-state index in [1.807, 2.05) is 18.2 Å². The largest absolute Gasteiger partial charge is 0.508 e. The fraction of sp³-hybridized carbons (Fsp3) is 0.375. The molecular weight excluding hydrogens is 250 g/mol. The monoisotopic (exact) mass is 267 g/mol. The molecule has 1 heterocycles. The number of piperidine rings is 1. The molecule has 1 aliphatic heterocycles. The highest BCUT2D eigenvalue weighted by atomic mass is 16.3. The number of phenolic OH excluding ortho intramolecular Hbond substituents is 1. The quantitative estimate of drug-likeness (QED) is 0.855. The first-order valence-electron chi connectivity index (χ1n) is 6.79. The molecule has 0 atom stereocenters. The van der Waals surface area contributed by atoms with E-state index in [0.717, 1.165) is 24.2 Å². The Morgan fingerprint density at radius 2 is 1.90 bits per heavy atom. The lowest BCUT2D eigenvalue weighted by Crippen LogP contribution is -2.29. The van der Waals surface area contributed by atoms with Crippen LogP contribution in [0.25, 0.3) is 6.08 Å². The standard InChI is InChI=1S/C16H17N3O/c17-10-14(11-18)8-13-4-5-16(20)15(9-13)12-19-6-2-1-3-7-19/h4-5,8-9,20H,1-3,6-7,12H2. The van der Waals surface area contributed by atoms with Crippen LogP contribution in [0.5, 0.6) is 5.75 Å². The minimum Gasteiger partial charge on any atom is -0.508 e. The Labute approximate surface area is 119 Å². The summed E-state index contributed by atoms with van der Waals surface area (Å²) in [5.74, 6) is 0.267. The summed E-state index contributed by atoms with van der Waals surface area (Å²) in [6, 6.07) is 8.87. The smallest absolute Gasteiger partial charge is 0.130 e. The lowest BCUT2D eigenvalue weighted by molar-refractivity contribution is 0.218. The van der Waals surface area contributed by atoms with Crippen molar-refractivity contribution in [2.45, 2.75) is 25.8 Å². The molecule has 1 aliphatic rings. The number of benzene rings is 1. The van der Waals surface area contributed by atoms with E-state index in [4.69, 9.17) is 10.5 Å². The highest BCUT2D eigenvalue weighted by Crippen LogP contribution is 2.23. The van der Waals surface area contributed by atoms with Crippen molar-refractivity contribution < 1.29 is 5.11 Å². The summed E-state index contributed by atoms with van der Waals surface area (Å²) >= 11 is 0. The SMILES string of the molecule is N#CC(C#N)=Cc1ccc(O)c(CN2CCCCC2)c1. The van der Waals surface area contributed by atoms with Crippen molar-refractivity contribution in [2.75, 3.05) is 13.1 Å². The number of hydrogen-bond donors (Lipinski definition) is 1. The number of hydrogen-bond acceptors (Lipinski definition) is 4. The van der Waals surface area contributed by atoms with Crippen molar-refractivity contribution in [2.24, 2.45) is 0 Å². The Balaban J connectivity index is 2.19. The molecule has 1 fully saturated rings. The highest BCUT2D eigenvalue weighted by Gasteiger charge is 2.12. The van der Waals surface area contributed by atoms with Gasteiger partial charge in [0.25, 0.3) is 0 Å². The zero-order chi connectivity index (χ0) is 14.4. The third-order valence-corrected chi connectivity index (χ3v) is 3.50. The number of nitriles is 2. The molecule has 0 spiro atoms. The first-order chi connectivity index (χ1) is 9.72. The fourth-order valence-electron chi connectivity index (χ4n) is 2.44. The molecule has 1 N–H and O–H groups in total. The zero-order valence-electron chi connectivity index (χ0n) is 11.3. The van der Waals surface area contributed by atoms with Crippen molar-refractivity contribution in [3.05, 3.63) is 34.9 Å². The second kappa shape index (κ2) is 6.75. The molecule has 0 unspecified atom stereocenters. The molecule has 4 heteroatoms. The first-order valence-corrected chi connectivity index (χ1v) is 6.79. The van der Waals surface area contributed by atoms with E-state index in [9.17, 15) is 5.11 Å². The average molecular weight is 267 g/mol. The van der Waals surface area contributed by atoms with Crippen LogP contribution < -0.4 is 0 Å². The van der Waals surface area contributed by atoms with Gasteiger partial charge in [0.2, 0.25) is 0 Å². The third kappa shape index (κ3) is 3.60. The van der Waals surface area contributed by atoms with Gasteiger partial charge in [-0.05, 0) is 49.7 Å². The average Bonchev–Trinajstić information content (AvgIpc) is 2.49. The van der Waals surface area contributed by atoms with Crippen LogP contribution in [-0.2, 0) is 6.54 Å².